The monoisotopic (exact) mass is 318 g/mol. The number of rotatable bonds is 4. The van der Waals surface area contributed by atoms with Crippen LogP contribution in [0.2, 0.25) is 0 Å². The molecule has 4 rings (SSSR count). The lowest BCUT2D eigenvalue weighted by atomic mass is 9.85. The number of aromatic nitrogens is 2. The van der Waals surface area contributed by atoms with Gasteiger partial charge in [-0.1, -0.05) is 23.5 Å². The first-order chi connectivity index (χ1) is 10.6. The van der Waals surface area contributed by atoms with Crippen molar-refractivity contribution < 1.29 is 14.4 Å². The van der Waals surface area contributed by atoms with Crippen LogP contribution in [0.5, 0.6) is 0 Å². The molecule has 7 nitrogen and oxygen atoms in total. The van der Waals surface area contributed by atoms with Crippen molar-refractivity contribution in [3.63, 3.8) is 0 Å². The maximum atomic E-state index is 12.4. The lowest BCUT2D eigenvalue weighted by Gasteiger charge is -2.16. The van der Waals surface area contributed by atoms with Crippen molar-refractivity contribution in [2.75, 3.05) is 11.9 Å². The van der Waals surface area contributed by atoms with Gasteiger partial charge < -0.3 is 5.32 Å². The highest BCUT2D eigenvalue weighted by molar-refractivity contribution is 7.13. The van der Waals surface area contributed by atoms with E-state index in [1.54, 1.807) is 0 Å². The molecule has 2 heterocycles. The van der Waals surface area contributed by atoms with E-state index < -0.39 is 0 Å². The zero-order valence-corrected chi connectivity index (χ0v) is 12.5. The minimum absolute atomic E-state index is 0.0826. The Labute approximate surface area is 130 Å². The van der Waals surface area contributed by atoms with Crippen LogP contribution in [0.3, 0.4) is 0 Å². The van der Waals surface area contributed by atoms with Gasteiger partial charge in [0.15, 0.2) is 0 Å². The van der Waals surface area contributed by atoms with Gasteiger partial charge in [0.25, 0.3) is 0 Å². The molecule has 8 heteroatoms. The molecule has 1 N–H and O–H groups in total. The second-order valence-corrected chi connectivity index (χ2v) is 6.70. The number of hydrogen-bond acceptors (Lipinski definition) is 6. The van der Waals surface area contributed by atoms with E-state index in [1.165, 1.54) is 21.7 Å². The second kappa shape index (κ2) is 4.98. The molecule has 0 radical (unpaired) electrons. The topological polar surface area (TPSA) is 92.3 Å². The van der Waals surface area contributed by atoms with Crippen LogP contribution in [0, 0.1) is 23.7 Å². The zero-order chi connectivity index (χ0) is 15.3. The van der Waals surface area contributed by atoms with Gasteiger partial charge >= 0.3 is 0 Å². The van der Waals surface area contributed by atoms with Gasteiger partial charge in [0.1, 0.15) is 5.51 Å². The minimum Gasteiger partial charge on any atom is -0.300 e. The molecule has 0 aromatic carbocycles. The number of nitrogens with one attached hydrogen (secondary N) is 1. The van der Waals surface area contributed by atoms with Crippen LogP contribution in [-0.4, -0.2) is 39.4 Å². The molecule has 0 unspecified atom stereocenters. The number of anilines is 1. The van der Waals surface area contributed by atoms with Crippen LogP contribution >= 0.6 is 11.3 Å². The second-order valence-electron chi connectivity index (χ2n) is 5.87. The van der Waals surface area contributed by atoms with E-state index >= 15 is 0 Å². The molecule has 1 saturated carbocycles. The molecule has 3 aliphatic rings. The van der Waals surface area contributed by atoms with Crippen molar-refractivity contribution in [2.45, 2.75) is 12.8 Å². The van der Waals surface area contributed by atoms with Gasteiger partial charge in [-0.25, -0.2) is 0 Å². The van der Waals surface area contributed by atoms with Gasteiger partial charge in [0, 0.05) is 13.0 Å². The molecule has 1 aliphatic heterocycles. The molecule has 3 amide bonds. The summed E-state index contributed by atoms with van der Waals surface area (Å²) in [6.45, 7) is 0.134. The molecule has 4 atom stereocenters. The van der Waals surface area contributed by atoms with E-state index in [-0.39, 0.29) is 54.4 Å². The molecule has 2 aliphatic carbocycles. The number of fused-ring (bicyclic) bond motifs is 5. The number of carbonyl (C=O) groups excluding carboxylic acids is 3. The third kappa shape index (κ3) is 1.98. The Hall–Kier alpha value is -2.09. The van der Waals surface area contributed by atoms with E-state index in [4.69, 9.17) is 0 Å². The number of imide groups is 1. The first-order valence-corrected chi connectivity index (χ1v) is 8.12. The zero-order valence-electron chi connectivity index (χ0n) is 11.6. The largest absolute Gasteiger partial charge is 0.300 e. The fraction of sp³-hybridized carbons (Fsp3) is 0.500. The van der Waals surface area contributed by atoms with Crippen LogP contribution in [-0.2, 0) is 14.4 Å². The van der Waals surface area contributed by atoms with Crippen LogP contribution in [0.1, 0.15) is 12.8 Å². The Kier molecular flexibility index (Phi) is 3.07. The van der Waals surface area contributed by atoms with E-state index in [2.05, 4.69) is 27.7 Å². The summed E-state index contributed by atoms with van der Waals surface area (Å²) >= 11 is 1.22. The highest BCUT2D eigenvalue weighted by Crippen LogP contribution is 2.52. The number of nitrogens with zero attached hydrogens (tertiary/aromatic N) is 3. The molecule has 22 heavy (non-hydrogen) atoms. The van der Waals surface area contributed by atoms with E-state index in [9.17, 15) is 14.4 Å². The summed E-state index contributed by atoms with van der Waals surface area (Å²) in [6, 6.07) is 0. The Balaban J connectivity index is 1.39. The summed E-state index contributed by atoms with van der Waals surface area (Å²) in [7, 11) is 0. The summed E-state index contributed by atoms with van der Waals surface area (Å²) in [6.07, 6.45) is 5.11. The Morgan fingerprint density at radius 2 is 1.95 bits per heavy atom. The maximum Gasteiger partial charge on any atom is 0.233 e. The van der Waals surface area contributed by atoms with Crippen molar-refractivity contribution in [3.05, 3.63) is 17.7 Å². The fourth-order valence-corrected chi connectivity index (χ4v) is 4.27. The molecule has 114 valence electrons. The van der Waals surface area contributed by atoms with Crippen molar-refractivity contribution in [3.8, 4) is 0 Å². The smallest absolute Gasteiger partial charge is 0.233 e. The molecular weight excluding hydrogens is 304 g/mol. The van der Waals surface area contributed by atoms with Crippen molar-refractivity contribution in [2.24, 2.45) is 23.7 Å². The third-order valence-electron chi connectivity index (χ3n) is 4.73. The minimum atomic E-state index is -0.268. The lowest BCUT2D eigenvalue weighted by Crippen LogP contribution is -2.35. The average Bonchev–Trinajstić information content (AvgIpc) is 3.24. The van der Waals surface area contributed by atoms with E-state index in [1.807, 2.05) is 0 Å². The molecule has 2 bridgehead atoms. The normalized spacial score (nSPS) is 31.9. The van der Waals surface area contributed by atoms with Gasteiger partial charge in [-0.2, -0.15) is 0 Å². The standard InChI is InChI=1S/C14H14N4O3S/c19-9(16-14-17-15-6-22-14)3-4-18-12(20)10-7-1-2-8(5-7)11(10)13(18)21/h1-2,6-8,10-11H,3-5H2,(H,16,17,19)/t7-,8-,10-,11-/m0/s1. The predicted octanol–water partition coefficient (Wildman–Crippen LogP) is 0.674. The number of allylic oxidation sites excluding steroid dienone is 2. The summed E-state index contributed by atoms with van der Waals surface area (Å²) in [5, 5.41) is 10.4. The van der Waals surface area contributed by atoms with Gasteiger partial charge in [0.2, 0.25) is 22.9 Å². The van der Waals surface area contributed by atoms with Crippen LogP contribution in [0.4, 0.5) is 5.13 Å². The first kappa shape index (κ1) is 13.6. The quantitative estimate of drug-likeness (QED) is 0.651. The molecule has 1 aromatic rings. The van der Waals surface area contributed by atoms with Crippen molar-refractivity contribution in [1.29, 1.82) is 0 Å². The molecule has 0 spiro atoms. The van der Waals surface area contributed by atoms with Crippen LogP contribution < -0.4 is 5.32 Å². The summed E-state index contributed by atoms with van der Waals surface area (Å²) < 4.78 is 0. The van der Waals surface area contributed by atoms with Gasteiger partial charge in [0.05, 0.1) is 11.8 Å². The summed E-state index contributed by atoms with van der Waals surface area (Å²) in [5.74, 6) is -0.498. The molecular formula is C14H14N4O3S. The summed E-state index contributed by atoms with van der Waals surface area (Å²) in [5.41, 5.74) is 1.52. The fourth-order valence-electron chi connectivity index (χ4n) is 3.81. The van der Waals surface area contributed by atoms with Gasteiger partial charge in [-0.3, -0.25) is 19.3 Å². The predicted molar refractivity (Wildman–Crippen MR) is 77.6 cm³/mol. The lowest BCUT2D eigenvalue weighted by molar-refractivity contribution is -0.140. The summed E-state index contributed by atoms with van der Waals surface area (Å²) in [4.78, 5) is 38.0. The highest BCUT2D eigenvalue weighted by Gasteiger charge is 2.58. The number of likely N-dealkylation sites (tertiary alicyclic amines) is 1. The third-order valence-corrected chi connectivity index (χ3v) is 5.34. The van der Waals surface area contributed by atoms with Crippen molar-refractivity contribution >= 4 is 34.2 Å². The number of amides is 3. The Morgan fingerprint density at radius 1 is 1.27 bits per heavy atom. The maximum absolute atomic E-state index is 12.4. The number of carbonyl (C=O) groups is 3. The van der Waals surface area contributed by atoms with E-state index in [0.717, 1.165) is 6.42 Å². The highest BCUT2D eigenvalue weighted by atomic mass is 32.1. The average molecular weight is 318 g/mol. The first-order valence-electron chi connectivity index (χ1n) is 7.24. The number of hydrogen-bond donors (Lipinski definition) is 1. The van der Waals surface area contributed by atoms with Gasteiger partial charge in [-0.05, 0) is 18.3 Å². The molecule has 1 saturated heterocycles. The Bertz CT molecular complexity index is 642. The van der Waals surface area contributed by atoms with Gasteiger partial charge in [-0.15, -0.1) is 10.2 Å². The Morgan fingerprint density at radius 3 is 2.55 bits per heavy atom. The van der Waals surface area contributed by atoms with Crippen molar-refractivity contribution in [1.82, 2.24) is 15.1 Å². The van der Waals surface area contributed by atoms with Crippen LogP contribution in [0.25, 0.3) is 0 Å². The van der Waals surface area contributed by atoms with Crippen LogP contribution in [0.15, 0.2) is 17.7 Å². The SMILES string of the molecule is O=C(CCN1C(=O)[C@@H]2[C@@H](C1=O)[C@H]1C=C[C@H]2C1)Nc1nncs1. The molecule has 1 aromatic heterocycles. The van der Waals surface area contributed by atoms with E-state index in [0.29, 0.717) is 5.13 Å². The molecule has 2 fully saturated rings.